The molecule has 0 aromatic heterocycles. The summed E-state index contributed by atoms with van der Waals surface area (Å²) in [6, 6.07) is 6.48. The van der Waals surface area contributed by atoms with Gasteiger partial charge < -0.3 is 10.4 Å². The lowest BCUT2D eigenvalue weighted by Crippen LogP contribution is -2.32. The van der Waals surface area contributed by atoms with Crippen molar-refractivity contribution in [1.82, 2.24) is 0 Å². The van der Waals surface area contributed by atoms with Gasteiger partial charge in [0.2, 0.25) is 0 Å². The van der Waals surface area contributed by atoms with Crippen LogP contribution in [0.5, 0.6) is 0 Å². The second kappa shape index (κ2) is 6.48. The largest absolute Gasteiger partial charge is 0.394 e. The van der Waals surface area contributed by atoms with Crippen molar-refractivity contribution in [2.75, 3.05) is 11.9 Å². The molecule has 0 fully saturated rings. The van der Waals surface area contributed by atoms with E-state index in [9.17, 15) is 9.50 Å². The summed E-state index contributed by atoms with van der Waals surface area (Å²) in [5, 5.41) is 12.4. The molecule has 0 amide bonds. The minimum absolute atomic E-state index is 0.0285. The Morgan fingerprint density at radius 1 is 1.25 bits per heavy atom. The Bertz CT molecular complexity index is 313. The van der Waals surface area contributed by atoms with Crippen molar-refractivity contribution in [3.8, 4) is 0 Å². The van der Waals surface area contributed by atoms with E-state index >= 15 is 0 Å². The van der Waals surface area contributed by atoms with Crippen molar-refractivity contribution < 1.29 is 9.50 Å². The Balaban J connectivity index is 2.73. The SMILES string of the molecule is CCC(CC)C(CO)Nc1ccccc1F. The number of hydrogen-bond donors (Lipinski definition) is 2. The number of halogens is 1. The van der Waals surface area contributed by atoms with Crippen LogP contribution in [0.1, 0.15) is 26.7 Å². The van der Waals surface area contributed by atoms with Gasteiger partial charge in [-0.1, -0.05) is 38.8 Å². The molecule has 1 aromatic carbocycles. The summed E-state index contributed by atoms with van der Waals surface area (Å²) < 4.78 is 13.4. The third kappa shape index (κ3) is 3.20. The van der Waals surface area contributed by atoms with Gasteiger partial charge in [-0.25, -0.2) is 4.39 Å². The average Bonchev–Trinajstić information content (AvgIpc) is 2.31. The van der Waals surface area contributed by atoms with Gasteiger partial charge in [-0.3, -0.25) is 0 Å². The summed E-state index contributed by atoms with van der Waals surface area (Å²) in [5.41, 5.74) is 0.466. The van der Waals surface area contributed by atoms with Crippen LogP contribution in [-0.4, -0.2) is 17.8 Å². The molecular formula is C13H20FNO. The van der Waals surface area contributed by atoms with Crippen molar-refractivity contribution in [2.24, 2.45) is 5.92 Å². The summed E-state index contributed by atoms with van der Waals surface area (Å²) in [6.07, 6.45) is 1.95. The average molecular weight is 225 g/mol. The quantitative estimate of drug-likeness (QED) is 0.780. The zero-order valence-corrected chi connectivity index (χ0v) is 9.91. The van der Waals surface area contributed by atoms with Gasteiger partial charge in [0.05, 0.1) is 18.3 Å². The summed E-state index contributed by atoms with van der Waals surface area (Å²) in [5.74, 6) is 0.0940. The van der Waals surface area contributed by atoms with Gasteiger partial charge in [0, 0.05) is 0 Å². The van der Waals surface area contributed by atoms with Gasteiger partial charge in [0.25, 0.3) is 0 Å². The lowest BCUT2D eigenvalue weighted by atomic mass is 9.94. The number of anilines is 1. The maximum atomic E-state index is 13.4. The van der Waals surface area contributed by atoms with Crippen LogP contribution in [0.4, 0.5) is 10.1 Å². The van der Waals surface area contributed by atoms with Crippen molar-refractivity contribution in [3.63, 3.8) is 0 Å². The molecule has 0 aliphatic rings. The van der Waals surface area contributed by atoms with E-state index in [4.69, 9.17) is 0 Å². The van der Waals surface area contributed by atoms with Crippen LogP contribution in [0.2, 0.25) is 0 Å². The molecule has 90 valence electrons. The number of aliphatic hydroxyl groups is 1. The first-order valence-electron chi connectivity index (χ1n) is 5.84. The van der Waals surface area contributed by atoms with Gasteiger partial charge in [-0.2, -0.15) is 0 Å². The molecule has 2 nitrogen and oxygen atoms in total. The lowest BCUT2D eigenvalue weighted by Gasteiger charge is -2.25. The smallest absolute Gasteiger partial charge is 0.146 e. The predicted octanol–water partition coefficient (Wildman–Crippen LogP) is 3.03. The maximum Gasteiger partial charge on any atom is 0.146 e. The molecule has 0 heterocycles. The first-order valence-corrected chi connectivity index (χ1v) is 5.84. The molecule has 1 aromatic rings. The van der Waals surface area contributed by atoms with Gasteiger partial charge in [-0.05, 0) is 18.1 Å². The van der Waals surface area contributed by atoms with E-state index in [2.05, 4.69) is 19.2 Å². The molecule has 1 unspecified atom stereocenters. The maximum absolute atomic E-state index is 13.4. The van der Waals surface area contributed by atoms with Crippen LogP contribution in [0.15, 0.2) is 24.3 Å². The van der Waals surface area contributed by atoms with Crippen molar-refractivity contribution in [1.29, 1.82) is 0 Å². The Kier molecular flexibility index (Phi) is 5.26. The number of rotatable bonds is 6. The van der Waals surface area contributed by atoms with Gasteiger partial charge in [-0.15, -0.1) is 0 Å². The van der Waals surface area contributed by atoms with E-state index in [0.717, 1.165) is 12.8 Å². The molecule has 3 heteroatoms. The molecule has 0 saturated heterocycles. The zero-order valence-electron chi connectivity index (χ0n) is 9.91. The van der Waals surface area contributed by atoms with Crippen molar-refractivity contribution in [2.45, 2.75) is 32.7 Å². The van der Waals surface area contributed by atoms with Crippen molar-refractivity contribution in [3.05, 3.63) is 30.1 Å². The molecule has 2 N–H and O–H groups in total. The predicted molar refractivity (Wildman–Crippen MR) is 65.0 cm³/mol. The molecular weight excluding hydrogens is 205 g/mol. The highest BCUT2D eigenvalue weighted by atomic mass is 19.1. The minimum Gasteiger partial charge on any atom is -0.394 e. The van der Waals surface area contributed by atoms with E-state index in [1.54, 1.807) is 18.2 Å². The number of hydrogen-bond acceptors (Lipinski definition) is 2. The molecule has 16 heavy (non-hydrogen) atoms. The second-order valence-electron chi connectivity index (χ2n) is 3.99. The third-order valence-corrected chi connectivity index (χ3v) is 3.03. The Labute approximate surface area is 96.5 Å². The molecule has 0 spiro atoms. The molecule has 1 rings (SSSR count). The first-order chi connectivity index (χ1) is 7.72. The molecule has 0 aliphatic heterocycles. The van der Waals surface area contributed by atoms with Crippen molar-refractivity contribution >= 4 is 5.69 Å². The van der Waals surface area contributed by atoms with E-state index in [1.165, 1.54) is 6.07 Å². The zero-order chi connectivity index (χ0) is 12.0. The number of nitrogens with one attached hydrogen (secondary N) is 1. The van der Waals surface area contributed by atoms with Crippen LogP contribution >= 0.6 is 0 Å². The first kappa shape index (κ1) is 13.0. The third-order valence-electron chi connectivity index (χ3n) is 3.03. The fourth-order valence-corrected chi connectivity index (χ4v) is 1.95. The number of aliphatic hydroxyl groups excluding tert-OH is 1. The van der Waals surface area contributed by atoms with Gasteiger partial charge in [0.1, 0.15) is 5.82 Å². The topological polar surface area (TPSA) is 32.3 Å². The van der Waals surface area contributed by atoms with Gasteiger partial charge in [0.15, 0.2) is 0 Å². The fraction of sp³-hybridized carbons (Fsp3) is 0.538. The highest BCUT2D eigenvalue weighted by Gasteiger charge is 2.18. The standard InChI is InChI=1S/C13H20FNO/c1-3-10(4-2)13(9-16)15-12-8-6-5-7-11(12)14/h5-8,10,13,15-16H,3-4,9H2,1-2H3. The molecule has 0 radical (unpaired) electrons. The lowest BCUT2D eigenvalue weighted by molar-refractivity contribution is 0.231. The van der Waals surface area contributed by atoms with E-state index in [1.807, 2.05) is 0 Å². The van der Waals surface area contributed by atoms with Gasteiger partial charge >= 0.3 is 0 Å². The number of para-hydroxylation sites is 1. The Morgan fingerprint density at radius 2 is 1.88 bits per heavy atom. The minimum atomic E-state index is -0.271. The molecule has 0 aliphatic carbocycles. The van der Waals surface area contributed by atoms with Crippen LogP contribution in [0.3, 0.4) is 0 Å². The summed E-state index contributed by atoms with van der Waals surface area (Å²) in [4.78, 5) is 0. The molecule has 0 bridgehead atoms. The monoisotopic (exact) mass is 225 g/mol. The summed E-state index contributed by atoms with van der Waals surface area (Å²) in [7, 11) is 0. The second-order valence-corrected chi connectivity index (χ2v) is 3.99. The van der Waals surface area contributed by atoms with Crippen LogP contribution in [0.25, 0.3) is 0 Å². The highest BCUT2D eigenvalue weighted by Crippen LogP contribution is 2.20. The molecule has 0 saturated carbocycles. The normalized spacial score (nSPS) is 12.8. The van der Waals surface area contributed by atoms with Crippen LogP contribution < -0.4 is 5.32 Å². The van der Waals surface area contributed by atoms with E-state index in [-0.39, 0.29) is 18.5 Å². The van der Waals surface area contributed by atoms with E-state index in [0.29, 0.717) is 11.6 Å². The van der Waals surface area contributed by atoms with Crippen LogP contribution in [-0.2, 0) is 0 Å². The molecule has 1 atom stereocenters. The Morgan fingerprint density at radius 3 is 2.38 bits per heavy atom. The van der Waals surface area contributed by atoms with E-state index < -0.39 is 0 Å². The summed E-state index contributed by atoms with van der Waals surface area (Å²) in [6.45, 7) is 4.19. The fourth-order valence-electron chi connectivity index (χ4n) is 1.95. The highest BCUT2D eigenvalue weighted by molar-refractivity contribution is 5.45. The number of benzene rings is 1. The Hall–Kier alpha value is -1.09. The summed E-state index contributed by atoms with van der Waals surface area (Å²) >= 11 is 0. The van der Waals surface area contributed by atoms with Crippen LogP contribution in [0, 0.1) is 11.7 Å².